The number of halogens is 1. The van der Waals surface area contributed by atoms with E-state index in [9.17, 15) is 0 Å². The van der Waals surface area contributed by atoms with Crippen LogP contribution in [0.4, 0.5) is 0 Å². The van der Waals surface area contributed by atoms with Crippen LogP contribution in [0.15, 0.2) is 18.3 Å². The molecule has 0 atom stereocenters. The largest absolute Gasteiger partial charge is 0.496 e. The predicted molar refractivity (Wildman–Crippen MR) is 60.6 cm³/mol. The van der Waals surface area contributed by atoms with Gasteiger partial charge < -0.3 is 9.30 Å². The molecule has 0 amide bonds. The maximum atomic E-state index is 6.22. The fourth-order valence-corrected chi connectivity index (χ4v) is 2.28. The van der Waals surface area contributed by atoms with Crippen LogP contribution in [0.25, 0.3) is 10.9 Å². The third-order valence-corrected chi connectivity index (χ3v) is 3.15. The Morgan fingerprint density at radius 1 is 1.47 bits per heavy atom. The molecule has 0 aliphatic heterocycles. The molecule has 1 fully saturated rings. The number of hydrogen-bond acceptors (Lipinski definition) is 1. The summed E-state index contributed by atoms with van der Waals surface area (Å²) in [5.41, 5.74) is 1.13. The highest BCUT2D eigenvalue weighted by Crippen LogP contribution is 2.42. The van der Waals surface area contributed by atoms with Gasteiger partial charge in [0.25, 0.3) is 0 Å². The van der Waals surface area contributed by atoms with Gasteiger partial charge in [-0.2, -0.15) is 0 Å². The van der Waals surface area contributed by atoms with Crippen LogP contribution in [-0.2, 0) is 0 Å². The first-order chi connectivity index (χ1) is 7.31. The summed E-state index contributed by atoms with van der Waals surface area (Å²) in [6, 6.07) is 7.51. The van der Waals surface area contributed by atoms with Gasteiger partial charge in [0, 0.05) is 12.2 Å². The number of nitrogens with zero attached hydrogens (tertiary/aromatic N) is 1. The summed E-state index contributed by atoms with van der Waals surface area (Å²) in [7, 11) is 1.66. The van der Waals surface area contributed by atoms with Crippen molar-refractivity contribution >= 4 is 22.5 Å². The number of hydrogen-bond donors (Lipinski definition) is 0. The normalized spacial score (nSPS) is 15.9. The SMILES string of the molecule is COc1c[c]cc2c1c(Cl)cn2C1CC1. The molecule has 0 saturated heterocycles. The standard InChI is InChI=1S/C12H11ClNO/c1-15-11-4-2-3-10-12(11)9(13)7-14(10)8-5-6-8/h3-4,7-8H,5-6H2,1H3. The van der Waals surface area contributed by atoms with Crippen LogP contribution in [0.3, 0.4) is 0 Å². The zero-order valence-corrected chi connectivity index (χ0v) is 9.21. The lowest BCUT2D eigenvalue weighted by molar-refractivity contribution is 0.419. The van der Waals surface area contributed by atoms with Crippen LogP contribution in [0.5, 0.6) is 5.75 Å². The Kier molecular flexibility index (Phi) is 1.93. The average molecular weight is 221 g/mol. The molecule has 15 heavy (non-hydrogen) atoms. The maximum absolute atomic E-state index is 6.22. The zero-order chi connectivity index (χ0) is 10.4. The third kappa shape index (κ3) is 1.32. The third-order valence-electron chi connectivity index (χ3n) is 2.87. The number of fused-ring (bicyclic) bond motifs is 1. The van der Waals surface area contributed by atoms with Crippen LogP contribution < -0.4 is 4.74 Å². The Morgan fingerprint density at radius 2 is 2.27 bits per heavy atom. The molecule has 1 aromatic carbocycles. The second kappa shape index (κ2) is 3.17. The van der Waals surface area contributed by atoms with E-state index in [0.717, 1.165) is 21.7 Å². The lowest BCUT2D eigenvalue weighted by Crippen LogP contribution is -1.90. The fraction of sp³-hybridized carbons (Fsp3) is 0.333. The molecule has 1 saturated carbocycles. The molecule has 1 aliphatic rings. The van der Waals surface area contributed by atoms with Gasteiger partial charge in [-0.3, -0.25) is 0 Å². The summed E-state index contributed by atoms with van der Waals surface area (Å²) >= 11 is 6.22. The molecule has 2 nitrogen and oxygen atoms in total. The number of methoxy groups -OCH3 is 1. The molecule has 77 valence electrons. The molecule has 0 unspecified atom stereocenters. The van der Waals surface area contributed by atoms with Gasteiger partial charge in [-0.05, 0) is 31.0 Å². The van der Waals surface area contributed by atoms with E-state index >= 15 is 0 Å². The minimum atomic E-state index is 0.625. The summed E-state index contributed by atoms with van der Waals surface area (Å²) in [5, 5.41) is 1.77. The lowest BCUT2D eigenvalue weighted by atomic mass is 10.2. The Hall–Kier alpha value is -1.15. The highest BCUT2D eigenvalue weighted by molar-refractivity contribution is 6.36. The van der Waals surface area contributed by atoms with E-state index in [-0.39, 0.29) is 0 Å². The molecule has 1 radical (unpaired) electrons. The smallest absolute Gasteiger partial charge is 0.130 e. The molecule has 3 rings (SSSR count). The number of ether oxygens (including phenoxy) is 1. The van der Waals surface area contributed by atoms with Crippen molar-refractivity contribution in [2.45, 2.75) is 18.9 Å². The first-order valence-corrected chi connectivity index (χ1v) is 5.43. The summed E-state index contributed by atoms with van der Waals surface area (Å²) in [4.78, 5) is 0. The van der Waals surface area contributed by atoms with Gasteiger partial charge in [0.2, 0.25) is 0 Å². The first kappa shape index (κ1) is 9.10. The second-order valence-electron chi connectivity index (χ2n) is 3.90. The van der Waals surface area contributed by atoms with Crippen LogP contribution in [-0.4, -0.2) is 11.7 Å². The van der Waals surface area contributed by atoms with Crippen molar-refractivity contribution in [3.8, 4) is 5.75 Å². The molecular weight excluding hydrogens is 210 g/mol. The van der Waals surface area contributed by atoms with E-state index in [1.807, 2.05) is 18.3 Å². The molecule has 0 N–H and O–H groups in total. The molecule has 1 aliphatic carbocycles. The molecule has 2 aromatic rings. The van der Waals surface area contributed by atoms with E-state index in [0.29, 0.717) is 6.04 Å². The van der Waals surface area contributed by atoms with Crippen molar-refractivity contribution in [3.05, 3.63) is 29.4 Å². The zero-order valence-electron chi connectivity index (χ0n) is 8.46. The van der Waals surface area contributed by atoms with E-state index in [2.05, 4.69) is 10.6 Å². The average Bonchev–Trinajstić information content (AvgIpc) is 3.04. The van der Waals surface area contributed by atoms with E-state index in [1.165, 1.54) is 12.8 Å². The van der Waals surface area contributed by atoms with Gasteiger partial charge in [-0.1, -0.05) is 11.6 Å². The van der Waals surface area contributed by atoms with Gasteiger partial charge in [-0.15, -0.1) is 0 Å². The van der Waals surface area contributed by atoms with E-state index in [1.54, 1.807) is 7.11 Å². The van der Waals surface area contributed by atoms with Gasteiger partial charge in [0.05, 0.1) is 23.0 Å². The van der Waals surface area contributed by atoms with Gasteiger partial charge in [0.15, 0.2) is 0 Å². The van der Waals surface area contributed by atoms with Gasteiger partial charge >= 0.3 is 0 Å². The predicted octanol–water partition coefficient (Wildman–Crippen LogP) is 3.44. The lowest BCUT2D eigenvalue weighted by Gasteiger charge is -2.04. The second-order valence-corrected chi connectivity index (χ2v) is 4.31. The Morgan fingerprint density at radius 3 is 2.93 bits per heavy atom. The number of rotatable bonds is 2. The van der Waals surface area contributed by atoms with Crippen LogP contribution in [0.1, 0.15) is 18.9 Å². The topological polar surface area (TPSA) is 14.2 Å². The number of benzene rings is 1. The van der Waals surface area contributed by atoms with Crippen LogP contribution in [0, 0.1) is 6.07 Å². The molecule has 0 spiro atoms. The van der Waals surface area contributed by atoms with Crippen molar-refractivity contribution in [1.29, 1.82) is 0 Å². The Balaban J connectivity index is 2.32. The van der Waals surface area contributed by atoms with Crippen LogP contribution >= 0.6 is 11.6 Å². The van der Waals surface area contributed by atoms with Crippen molar-refractivity contribution in [2.24, 2.45) is 0 Å². The molecule has 1 aromatic heterocycles. The first-order valence-electron chi connectivity index (χ1n) is 5.05. The maximum Gasteiger partial charge on any atom is 0.130 e. The van der Waals surface area contributed by atoms with Crippen molar-refractivity contribution in [3.63, 3.8) is 0 Å². The van der Waals surface area contributed by atoms with Crippen molar-refractivity contribution in [1.82, 2.24) is 4.57 Å². The molecular formula is C12H11ClNO. The highest BCUT2D eigenvalue weighted by atomic mass is 35.5. The monoisotopic (exact) mass is 220 g/mol. The highest BCUT2D eigenvalue weighted by Gasteiger charge is 2.26. The van der Waals surface area contributed by atoms with Crippen LogP contribution in [0.2, 0.25) is 5.02 Å². The van der Waals surface area contributed by atoms with Gasteiger partial charge in [0.1, 0.15) is 5.75 Å². The van der Waals surface area contributed by atoms with Crippen molar-refractivity contribution in [2.75, 3.05) is 7.11 Å². The molecule has 1 heterocycles. The minimum absolute atomic E-state index is 0.625. The minimum Gasteiger partial charge on any atom is -0.496 e. The summed E-state index contributed by atoms with van der Waals surface area (Å²) < 4.78 is 7.53. The van der Waals surface area contributed by atoms with E-state index < -0.39 is 0 Å². The Bertz CT molecular complexity index is 514. The summed E-state index contributed by atoms with van der Waals surface area (Å²) in [5.74, 6) is 0.803. The Labute approximate surface area is 93.4 Å². The summed E-state index contributed by atoms with van der Waals surface area (Å²) in [6.07, 6.45) is 4.49. The fourth-order valence-electron chi connectivity index (χ4n) is 1.98. The van der Waals surface area contributed by atoms with E-state index in [4.69, 9.17) is 16.3 Å². The quantitative estimate of drug-likeness (QED) is 0.756. The van der Waals surface area contributed by atoms with Gasteiger partial charge in [-0.25, -0.2) is 0 Å². The summed E-state index contributed by atoms with van der Waals surface area (Å²) in [6.45, 7) is 0. The molecule has 0 bridgehead atoms. The number of aromatic nitrogens is 1. The van der Waals surface area contributed by atoms with Crippen molar-refractivity contribution < 1.29 is 4.74 Å². The molecule has 3 heteroatoms.